The average Bonchev–Trinajstić information content (AvgIpc) is 2.83. The molecule has 2 aromatic rings. The van der Waals surface area contributed by atoms with Crippen LogP contribution >= 0.6 is 0 Å². The minimum Gasteiger partial charge on any atom is -0.491 e. The summed E-state index contributed by atoms with van der Waals surface area (Å²) < 4.78 is 24.3. The summed E-state index contributed by atoms with van der Waals surface area (Å²) >= 11 is 0. The van der Waals surface area contributed by atoms with Gasteiger partial charge in [-0.1, -0.05) is 68.1 Å². The van der Waals surface area contributed by atoms with Crippen LogP contribution in [-0.4, -0.2) is 50.1 Å². The largest absolute Gasteiger partial charge is 0.491 e. The molecule has 0 saturated heterocycles. The Hall–Kier alpha value is -2.93. The summed E-state index contributed by atoms with van der Waals surface area (Å²) in [6, 6.07) is 15.7. The van der Waals surface area contributed by atoms with E-state index in [1.807, 2.05) is 49.3 Å². The Labute approximate surface area is 208 Å². The molecule has 192 valence electrons. The molecule has 1 amide bonds. The van der Waals surface area contributed by atoms with Crippen molar-refractivity contribution < 1.29 is 23.5 Å². The standard InChI is InChI=1S/C28H39FN2O4/c1-31(2)21-24(20-28(33)35-22-23-14-8-7-9-15-23)30-27(32)18-10-5-3-4-6-13-19-34-26-17-12-11-16-25(26)29/h7-9,11-12,14-17,24H,3-6,10,13,18-22H2,1-2H3,(H,30,32)/t24-/m1/s1. The number of hydrogen-bond acceptors (Lipinski definition) is 5. The van der Waals surface area contributed by atoms with Crippen LogP contribution < -0.4 is 10.1 Å². The molecule has 6 nitrogen and oxygen atoms in total. The summed E-state index contributed by atoms with van der Waals surface area (Å²) in [6.07, 6.45) is 6.35. The highest BCUT2D eigenvalue weighted by Crippen LogP contribution is 2.16. The molecule has 0 aliphatic rings. The van der Waals surface area contributed by atoms with Crippen LogP contribution in [0.3, 0.4) is 0 Å². The highest BCUT2D eigenvalue weighted by molar-refractivity contribution is 5.77. The van der Waals surface area contributed by atoms with Crippen LogP contribution in [0.1, 0.15) is 56.9 Å². The lowest BCUT2D eigenvalue weighted by molar-refractivity contribution is -0.145. The predicted molar refractivity (Wildman–Crippen MR) is 136 cm³/mol. The molecule has 0 heterocycles. The molecule has 7 heteroatoms. The number of carbonyl (C=O) groups excluding carboxylic acids is 2. The van der Waals surface area contributed by atoms with E-state index in [2.05, 4.69) is 5.32 Å². The Morgan fingerprint density at radius 2 is 1.57 bits per heavy atom. The lowest BCUT2D eigenvalue weighted by atomic mass is 10.1. The topological polar surface area (TPSA) is 67.9 Å². The Balaban J connectivity index is 1.55. The lowest BCUT2D eigenvalue weighted by Gasteiger charge is -2.22. The van der Waals surface area contributed by atoms with E-state index in [4.69, 9.17) is 9.47 Å². The van der Waals surface area contributed by atoms with Gasteiger partial charge >= 0.3 is 5.97 Å². The van der Waals surface area contributed by atoms with Crippen molar-refractivity contribution in [2.45, 2.75) is 64.0 Å². The Kier molecular flexibility index (Phi) is 13.5. The van der Waals surface area contributed by atoms with E-state index in [1.165, 1.54) is 6.07 Å². The predicted octanol–water partition coefficient (Wildman–Crippen LogP) is 5.12. The molecule has 0 spiro atoms. The SMILES string of the molecule is CN(C)C[C@@H](CC(=O)OCc1ccccc1)NC(=O)CCCCCCCCOc1ccccc1F. The fraction of sp³-hybridized carbons (Fsp3) is 0.500. The van der Waals surface area contributed by atoms with E-state index in [0.29, 0.717) is 25.3 Å². The van der Waals surface area contributed by atoms with Crippen molar-refractivity contribution in [1.82, 2.24) is 10.2 Å². The maximum atomic E-state index is 13.5. The number of halogens is 1. The van der Waals surface area contributed by atoms with Gasteiger partial charge in [-0.15, -0.1) is 0 Å². The molecule has 0 bridgehead atoms. The minimum absolute atomic E-state index is 0.0361. The first-order chi connectivity index (χ1) is 16.9. The number of nitrogens with one attached hydrogen (secondary N) is 1. The third-order valence-corrected chi connectivity index (χ3v) is 5.50. The van der Waals surface area contributed by atoms with Crippen LogP contribution in [0.5, 0.6) is 5.75 Å². The van der Waals surface area contributed by atoms with Crippen molar-refractivity contribution in [3.8, 4) is 5.75 Å². The first-order valence-corrected chi connectivity index (χ1v) is 12.4. The molecule has 35 heavy (non-hydrogen) atoms. The van der Waals surface area contributed by atoms with Gasteiger partial charge in [-0.05, 0) is 44.6 Å². The van der Waals surface area contributed by atoms with Crippen molar-refractivity contribution in [3.05, 3.63) is 66.0 Å². The average molecular weight is 487 g/mol. The number of ether oxygens (including phenoxy) is 2. The third kappa shape index (κ3) is 12.9. The zero-order chi connectivity index (χ0) is 25.3. The highest BCUT2D eigenvalue weighted by atomic mass is 19.1. The quantitative estimate of drug-likeness (QED) is 0.248. The smallest absolute Gasteiger partial charge is 0.308 e. The molecule has 0 radical (unpaired) electrons. The van der Waals surface area contributed by atoms with Crippen LogP contribution in [0.2, 0.25) is 0 Å². The molecule has 0 aromatic heterocycles. The van der Waals surface area contributed by atoms with E-state index in [0.717, 1.165) is 44.1 Å². The molecule has 1 N–H and O–H groups in total. The molecule has 1 atom stereocenters. The van der Waals surface area contributed by atoms with Crippen molar-refractivity contribution in [2.75, 3.05) is 27.2 Å². The van der Waals surface area contributed by atoms with Gasteiger partial charge in [0.25, 0.3) is 0 Å². The first-order valence-electron chi connectivity index (χ1n) is 12.4. The number of amides is 1. The number of benzene rings is 2. The maximum Gasteiger partial charge on any atom is 0.308 e. The number of para-hydroxylation sites is 1. The van der Waals surface area contributed by atoms with Crippen LogP contribution in [0.25, 0.3) is 0 Å². The van der Waals surface area contributed by atoms with Gasteiger partial charge < -0.3 is 19.7 Å². The second-order valence-corrected chi connectivity index (χ2v) is 9.03. The van der Waals surface area contributed by atoms with E-state index >= 15 is 0 Å². The van der Waals surface area contributed by atoms with Crippen LogP contribution in [0.4, 0.5) is 4.39 Å². The van der Waals surface area contributed by atoms with Crippen LogP contribution in [0, 0.1) is 5.82 Å². The number of esters is 1. The van der Waals surface area contributed by atoms with Gasteiger partial charge in [-0.25, -0.2) is 4.39 Å². The molecular weight excluding hydrogens is 447 g/mol. The number of likely N-dealkylation sites (N-methyl/N-ethyl adjacent to an activating group) is 1. The summed E-state index contributed by atoms with van der Waals surface area (Å²) in [6.45, 7) is 1.31. The zero-order valence-electron chi connectivity index (χ0n) is 21.0. The molecule has 2 rings (SSSR count). The number of carbonyl (C=O) groups is 2. The van der Waals surface area contributed by atoms with E-state index in [1.54, 1.807) is 18.2 Å². The third-order valence-electron chi connectivity index (χ3n) is 5.50. The lowest BCUT2D eigenvalue weighted by Crippen LogP contribution is -2.43. The van der Waals surface area contributed by atoms with Crippen LogP contribution in [-0.2, 0) is 20.9 Å². The van der Waals surface area contributed by atoms with Crippen LogP contribution in [0.15, 0.2) is 54.6 Å². The van der Waals surface area contributed by atoms with E-state index < -0.39 is 0 Å². The first kappa shape index (κ1) is 28.3. The number of hydrogen-bond donors (Lipinski definition) is 1. The fourth-order valence-corrected chi connectivity index (χ4v) is 3.74. The number of rotatable bonds is 17. The van der Waals surface area contributed by atoms with Crippen molar-refractivity contribution >= 4 is 11.9 Å². The fourth-order valence-electron chi connectivity index (χ4n) is 3.74. The van der Waals surface area contributed by atoms with E-state index in [9.17, 15) is 14.0 Å². The summed E-state index contributed by atoms with van der Waals surface area (Å²) in [5.74, 6) is -0.385. The second kappa shape index (κ2) is 16.7. The van der Waals surface area contributed by atoms with Gasteiger partial charge in [0, 0.05) is 13.0 Å². The Morgan fingerprint density at radius 3 is 2.29 bits per heavy atom. The highest BCUT2D eigenvalue weighted by Gasteiger charge is 2.18. The molecule has 0 aliphatic carbocycles. The maximum absolute atomic E-state index is 13.5. The zero-order valence-corrected chi connectivity index (χ0v) is 21.0. The van der Waals surface area contributed by atoms with Crippen molar-refractivity contribution in [1.29, 1.82) is 0 Å². The summed E-state index contributed by atoms with van der Waals surface area (Å²) in [4.78, 5) is 26.6. The van der Waals surface area contributed by atoms with Gasteiger partial charge in [-0.3, -0.25) is 9.59 Å². The van der Waals surface area contributed by atoms with Gasteiger partial charge in [0.2, 0.25) is 5.91 Å². The molecule has 2 aromatic carbocycles. The summed E-state index contributed by atoms with van der Waals surface area (Å²) in [5, 5.41) is 2.99. The molecule has 0 unspecified atom stereocenters. The minimum atomic E-state index is -0.331. The summed E-state index contributed by atoms with van der Waals surface area (Å²) in [5.41, 5.74) is 0.937. The van der Waals surface area contributed by atoms with Crippen molar-refractivity contribution in [3.63, 3.8) is 0 Å². The number of nitrogens with zero attached hydrogens (tertiary/aromatic N) is 1. The monoisotopic (exact) mass is 486 g/mol. The normalized spacial score (nSPS) is 11.8. The molecule has 0 aliphatic heterocycles. The van der Waals surface area contributed by atoms with Gasteiger partial charge in [-0.2, -0.15) is 0 Å². The number of unbranched alkanes of at least 4 members (excludes halogenated alkanes) is 5. The van der Waals surface area contributed by atoms with Gasteiger partial charge in [0.05, 0.1) is 19.1 Å². The Bertz CT molecular complexity index is 876. The Morgan fingerprint density at radius 1 is 0.914 bits per heavy atom. The molecule has 0 saturated carbocycles. The molecular formula is C28H39FN2O4. The molecule has 0 fully saturated rings. The van der Waals surface area contributed by atoms with E-state index in [-0.39, 0.29) is 36.8 Å². The van der Waals surface area contributed by atoms with Gasteiger partial charge in [0.15, 0.2) is 11.6 Å². The summed E-state index contributed by atoms with van der Waals surface area (Å²) in [7, 11) is 3.83. The van der Waals surface area contributed by atoms with Crippen molar-refractivity contribution in [2.24, 2.45) is 0 Å². The van der Waals surface area contributed by atoms with Gasteiger partial charge in [0.1, 0.15) is 6.61 Å². The second-order valence-electron chi connectivity index (χ2n) is 9.03.